The number of nitrogens with zero attached hydrogens (tertiary/aromatic N) is 1. The van der Waals surface area contributed by atoms with E-state index in [-0.39, 0.29) is 11.0 Å². The lowest BCUT2D eigenvalue weighted by molar-refractivity contribution is 0.546. The van der Waals surface area contributed by atoms with Crippen LogP contribution in [0.5, 0.6) is 0 Å². The maximum Gasteiger partial charge on any atom is 0.259 e. The van der Waals surface area contributed by atoms with Gasteiger partial charge in [0.05, 0.1) is 5.39 Å². The monoisotopic (exact) mass is 208 g/mol. The molecule has 0 bridgehead atoms. The third kappa shape index (κ3) is 1.46. The fourth-order valence-corrected chi connectivity index (χ4v) is 1.98. The van der Waals surface area contributed by atoms with Crippen molar-refractivity contribution in [3.05, 3.63) is 27.6 Å². The van der Waals surface area contributed by atoms with Crippen molar-refractivity contribution in [1.29, 1.82) is 0 Å². The molecule has 74 valence electrons. The van der Waals surface area contributed by atoms with Crippen molar-refractivity contribution in [2.45, 2.75) is 26.2 Å². The van der Waals surface area contributed by atoms with Crippen LogP contribution in [0.4, 0.5) is 0 Å². The van der Waals surface area contributed by atoms with Crippen LogP contribution in [0.25, 0.3) is 10.2 Å². The number of hydrogen-bond acceptors (Lipinski definition) is 3. The van der Waals surface area contributed by atoms with Gasteiger partial charge in [-0.1, -0.05) is 20.8 Å². The molecule has 4 heteroatoms. The molecule has 0 aliphatic heterocycles. The molecule has 0 aromatic carbocycles. The molecule has 0 atom stereocenters. The Morgan fingerprint density at radius 2 is 2.14 bits per heavy atom. The van der Waals surface area contributed by atoms with E-state index in [9.17, 15) is 4.79 Å². The minimum Gasteiger partial charge on any atom is -0.309 e. The van der Waals surface area contributed by atoms with Crippen LogP contribution < -0.4 is 5.56 Å². The third-order valence-electron chi connectivity index (χ3n) is 2.05. The van der Waals surface area contributed by atoms with Gasteiger partial charge in [-0.05, 0) is 11.4 Å². The van der Waals surface area contributed by atoms with Gasteiger partial charge in [0.15, 0.2) is 0 Å². The molecule has 0 fully saturated rings. The van der Waals surface area contributed by atoms with Gasteiger partial charge in [0.1, 0.15) is 10.7 Å². The number of fused-ring (bicyclic) bond motifs is 1. The fourth-order valence-electron chi connectivity index (χ4n) is 1.22. The molecule has 0 amide bonds. The second-order valence-corrected chi connectivity index (χ2v) is 5.20. The number of aromatic amines is 1. The summed E-state index contributed by atoms with van der Waals surface area (Å²) in [4.78, 5) is 19.7. The molecule has 0 radical (unpaired) electrons. The highest BCUT2D eigenvalue weighted by Gasteiger charge is 2.18. The quantitative estimate of drug-likeness (QED) is 0.722. The third-order valence-corrected chi connectivity index (χ3v) is 2.85. The summed E-state index contributed by atoms with van der Waals surface area (Å²) in [6.45, 7) is 6.10. The average Bonchev–Trinajstić information content (AvgIpc) is 2.50. The maximum atomic E-state index is 11.6. The van der Waals surface area contributed by atoms with Crippen LogP contribution in [0.15, 0.2) is 16.2 Å². The minimum absolute atomic E-state index is 0.0406. The van der Waals surface area contributed by atoms with Crippen LogP contribution >= 0.6 is 11.3 Å². The lowest BCUT2D eigenvalue weighted by Gasteiger charge is -2.16. The van der Waals surface area contributed by atoms with Gasteiger partial charge in [-0.3, -0.25) is 4.79 Å². The van der Waals surface area contributed by atoms with Crippen LogP contribution in [0, 0.1) is 0 Å². The first-order valence-electron chi connectivity index (χ1n) is 4.46. The Morgan fingerprint density at radius 3 is 2.79 bits per heavy atom. The van der Waals surface area contributed by atoms with E-state index in [0.717, 1.165) is 10.7 Å². The van der Waals surface area contributed by atoms with Crippen molar-refractivity contribution in [2.75, 3.05) is 0 Å². The predicted molar refractivity (Wildman–Crippen MR) is 58.9 cm³/mol. The van der Waals surface area contributed by atoms with Gasteiger partial charge in [0.2, 0.25) is 0 Å². The Labute approximate surface area is 85.8 Å². The van der Waals surface area contributed by atoms with Gasteiger partial charge >= 0.3 is 0 Å². The van der Waals surface area contributed by atoms with E-state index in [2.05, 4.69) is 9.97 Å². The van der Waals surface area contributed by atoms with Gasteiger partial charge in [0.25, 0.3) is 5.56 Å². The Balaban J connectivity index is 2.77. The van der Waals surface area contributed by atoms with Crippen LogP contribution in [0.2, 0.25) is 0 Å². The lowest BCUT2D eigenvalue weighted by atomic mass is 9.96. The van der Waals surface area contributed by atoms with E-state index >= 15 is 0 Å². The highest BCUT2D eigenvalue weighted by Crippen LogP contribution is 2.20. The van der Waals surface area contributed by atoms with E-state index in [4.69, 9.17) is 0 Å². The molecule has 0 unspecified atom stereocenters. The van der Waals surface area contributed by atoms with E-state index in [1.54, 1.807) is 6.07 Å². The highest BCUT2D eigenvalue weighted by atomic mass is 32.1. The molecule has 2 heterocycles. The summed E-state index contributed by atoms with van der Waals surface area (Å²) in [6.07, 6.45) is 0. The first kappa shape index (κ1) is 9.40. The summed E-state index contributed by atoms with van der Waals surface area (Å²) in [5.41, 5.74) is -0.154. The number of rotatable bonds is 0. The molecule has 2 aromatic heterocycles. The van der Waals surface area contributed by atoms with Crippen molar-refractivity contribution in [1.82, 2.24) is 9.97 Å². The molecule has 0 aliphatic carbocycles. The maximum absolute atomic E-state index is 11.6. The molecule has 2 rings (SSSR count). The van der Waals surface area contributed by atoms with Crippen molar-refractivity contribution in [3.63, 3.8) is 0 Å². The molecular weight excluding hydrogens is 196 g/mol. The summed E-state index contributed by atoms with van der Waals surface area (Å²) in [7, 11) is 0. The molecule has 0 aliphatic rings. The highest BCUT2D eigenvalue weighted by molar-refractivity contribution is 7.16. The van der Waals surface area contributed by atoms with Crippen molar-refractivity contribution >= 4 is 21.6 Å². The molecule has 14 heavy (non-hydrogen) atoms. The summed E-state index contributed by atoms with van der Waals surface area (Å²) in [5, 5.41) is 2.57. The average molecular weight is 208 g/mol. The topological polar surface area (TPSA) is 45.8 Å². The van der Waals surface area contributed by atoms with Crippen molar-refractivity contribution in [2.24, 2.45) is 0 Å². The molecule has 2 aromatic rings. The first-order valence-corrected chi connectivity index (χ1v) is 5.34. The van der Waals surface area contributed by atoms with E-state index in [1.807, 2.05) is 26.2 Å². The molecular formula is C10H12N2OS. The van der Waals surface area contributed by atoms with Gasteiger partial charge in [-0.15, -0.1) is 11.3 Å². The molecule has 0 saturated carbocycles. The fraction of sp³-hybridized carbons (Fsp3) is 0.400. The number of H-pyrrole nitrogens is 1. The summed E-state index contributed by atoms with van der Waals surface area (Å²) in [6, 6.07) is 1.80. The Hall–Kier alpha value is -1.16. The zero-order valence-electron chi connectivity index (χ0n) is 8.42. The normalized spacial score (nSPS) is 12.2. The minimum atomic E-state index is -0.114. The van der Waals surface area contributed by atoms with Crippen LogP contribution in [0.3, 0.4) is 0 Å². The molecule has 3 nitrogen and oxygen atoms in total. The molecule has 0 saturated heterocycles. The zero-order valence-corrected chi connectivity index (χ0v) is 9.23. The number of aromatic nitrogens is 2. The first-order chi connectivity index (χ1) is 6.48. The number of thiophene rings is 1. The Bertz CT molecular complexity index is 519. The Morgan fingerprint density at radius 1 is 1.43 bits per heavy atom. The second-order valence-electron chi connectivity index (χ2n) is 4.30. The van der Waals surface area contributed by atoms with Crippen LogP contribution in [-0.4, -0.2) is 9.97 Å². The summed E-state index contributed by atoms with van der Waals surface area (Å²) in [5.74, 6) is 0.748. The predicted octanol–water partition coefficient (Wildman–Crippen LogP) is 2.28. The van der Waals surface area contributed by atoms with Gasteiger partial charge in [-0.2, -0.15) is 0 Å². The van der Waals surface area contributed by atoms with Gasteiger partial charge in [0, 0.05) is 5.41 Å². The van der Waals surface area contributed by atoms with Gasteiger partial charge in [-0.25, -0.2) is 4.98 Å². The van der Waals surface area contributed by atoms with E-state index in [0.29, 0.717) is 5.39 Å². The summed E-state index contributed by atoms with van der Waals surface area (Å²) < 4.78 is 0. The SMILES string of the molecule is CC(C)(C)c1nc2sccc2c(=O)[nH]1. The van der Waals surface area contributed by atoms with Crippen molar-refractivity contribution < 1.29 is 0 Å². The zero-order chi connectivity index (χ0) is 10.3. The standard InChI is InChI=1S/C10H12N2OS/c1-10(2,3)9-11-7(13)6-4-5-14-8(6)12-9/h4-5H,1-3H3,(H,11,12,13). The van der Waals surface area contributed by atoms with Gasteiger partial charge < -0.3 is 4.98 Å². The molecule has 0 spiro atoms. The summed E-state index contributed by atoms with van der Waals surface area (Å²) >= 11 is 1.50. The van der Waals surface area contributed by atoms with E-state index in [1.165, 1.54) is 11.3 Å². The molecule has 1 N–H and O–H groups in total. The number of nitrogens with one attached hydrogen (secondary N) is 1. The van der Waals surface area contributed by atoms with Crippen LogP contribution in [-0.2, 0) is 5.41 Å². The second kappa shape index (κ2) is 2.92. The Kier molecular flexibility index (Phi) is 1.96. The largest absolute Gasteiger partial charge is 0.309 e. The number of hydrogen-bond donors (Lipinski definition) is 1. The van der Waals surface area contributed by atoms with Crippen molar-refractivity contribution in [3.8, 4) is 0 Å². The van der Waals surface area contributed by atoms with E-state index < -0.39 is 0 Å². The smallest absolute Gasteiger partial charge is 0.259 e. The van der Waals surface area contributed by atoms with Crippen LogP contribution in [0.1, 0.15) is 26.6 Å². The lowest BCUT2D eigenvalue weighted by Crippen LogP contribution is -2.21.